The smallest absolute Gasteiger partial charge is 0.248 e. The van der Waals surface area contributed by atoms with Gasteiger partial charge in [0.1, 0.15) is 6.54 Å². The molecule has 0 atom stereocenters. The lowest BCUT2D eigenvalue weighted by Crippen LogP contribution is -2.51. The molecule has 1 saturated heterocycles. The van der Waals surface area contributed by atoms with Crippen molar-refractivity contribution in [1.29, 1.82) is 0 Å². The Hall–Kier alpha value is -2.57. The average Bonchev–Trinajstić information content (AvgIpc) is 2.37. The highest BCUT2D eigenvalue weighted by molar-refractivity contribution is 5.94. The van der Waals surface area contributed by atoms with Crippen molar-refractivity contribution in [3.05, 3.63) is 29.3 Å². The van der Waals surface area contributed by atoms with Crippen molar-refractivity contribution in [3.63, 3.8) is 0 Å². The minimum atomic E-state index is -0.561. The molecular formula is C13H16N4O3. The first-order valence-corrected chi connectivity index (χ1v) is 6.08. The van der Waals surface area contributed by atoms with Crippen LogP contribution in [0.3, 0.4) is 0 Å². The Morgan fingerprint density at radius 3 is 2.55 bits per heavy atom. The maximum absolute atomic E-state index is 11.9. The van der Waals surface area contributed by atoms with E-state index < -0.39 is 5.91 Å². The van der Waals surface area contributed by atoms with E-state index in [4.69, 9.17) is 11.5 Å². The number of hydrogen-bond acceptors (Lipinski definition) is 4. The van der Waals surface area contributed by atoms with Gasteiger partial charge < -0.3 is 21.3 Å². The van der Waals surface area contributed by atoms with Crippen LogP contribution in [0.25, 0.3) is 0 Å². The second-order valence-electron chi connectivity index (χ2n) is 4.78. The third-order valence-corrected chi connectivity index (χ3v) is 3.27. The molecule has 1 aliphatic rings. The molecule has 1 aliphatic heterocycles. The zero-order chi connectivity index (χ0) is 14.9. The molecule has 20 heavy (non-hydrogen) atoms. The Morgan fingerprint density at radius 2 is 1.95 bits per heavy atom. The number of carbonyl (C=O) groups excluding carboxylic acids is 3. The van der Waals surface area contributed by atoms with Gasteiger partial charge in [-0.05, 0) is 17.7 Å². The molecule has 4 N–H and O–H groups in total. The fourth-order valence-corrected chi connectivity index (χ4v) is 2.01. The SMILES string of the molecule is CN1CC(=O)N(Cc2ccc(C(N)=O)cc2N)CC1=O. The summed E-state index contributed by atoms with van der Waals surface area (Å²) in [6.45, 7) is 0.341. The Balaban J connectivity index is 2.16. The molecule has 1 aromatic carbocycles. The quantitative estimate of drug-likeness (QED) is 0.702. The highest BCUT2D eigenvalue weighted by atomic mass is 16.2. The molecule has 3 amide bonds. The van der Waals surface area contributed by atoms with Gasteiger partial charge in [-0.25, -0.2) is 0 Å². The Kier molecular flexibility index (Phi) is 3.60. The predicted octanol–water partition coefficient (Wildman–Crippen LogP) is -0.832. The normalized spacial score (nSPS) is 15.7. The third-order valence-electron chi connectivity index (χ3n) is 3.27. The number of hydrogen-bond donors (Lipinski definition) is 2. The van der Waals surface area contributed by atoms with Gasteiger partial charge in [-0.15, -0.1) is 0 Å². The maximum atomic E-state index is 11.9. The predicted molar refractivity (Wildman–Crippen MR) is 72.4 cm³/mol. The van der Waals surface area contributed by atoms with Gasteiger partial charge in [-0.2, -0.15) is 0 Å². The summed E-state index contributed by atoms with van der Waals surface area (Å²) in [6.07, 6.45) is 0. The van der Waals surface area contributed by atoms with Gasteiger partial charge in [0.2, 0.25) is 17.7 Å². The van der Waals surface area contributed by atoms with Crippen LogP contribution in [0.15, 0.2) is 18.2 Å². The fourth-order valence-electron chi connectivity index (χ4n) is 2.01. The zero-order valence-electron chi connectivity index (χ0n) is 11.1. The van der Waals surface area contributed by atoms with Crippen LogP contribution in [-0.2, 0) is 16.1 Å². The van der Waals surface area contributed by atoms with E-state index >= 15 is 0 Å². The molecular weight excluding hydrogens is 260 g/mol. The van der Waals surface area contributed by atoms with E-state index in [0.29, 0.717) is 16.8 Å². The molecule has 0 spiro atoms. The van der Waals surface area contributed by atoms with Gasteiger partial charge in [0, 0.05) is 24.8 Å². The topological polar surface area (TPSA) is 110 Å². The Morgan fingerprint density at radius 1 is 1.25 bits per heavy atom. The van der Waals surface area contributed by atoms with Crippen molar-refractivity contribution in [1.82, 2.24) is 9.80 Å². The van der Waals surface area contributed by atoms with Crippen LogP contribution in [-0.4, -0.2) is 47.7 Å². The summed E-state index contributed by atoms with van der Waals surface area (Å²) in [4.78, 5) is 37.3. The molecule has 1 heterocycles. The molecule has 0 radical (unpaired) electrons. The number of nitrogens with two attached hydrogens (primary N) is 2. The molecule has 7 heteroatoms. The van der Waals surface area contributed by atoms with Gasteiger partial charge in [0.05, 0.1) is 6.54 Å². The molecule has 0 bridgehead atoms. The molecule has 7 nitrogen and oxygen atoms in total. The number of nitrogen functional groups attached to an aromatic ring is 1. The van der Waals surface area contributed by atoms with E-state index in [0.717, 1.165) is 0 Å². The molecule has 0 unspecified atom stereocenters. The molecule has 2 rings (SSSR count). The van der Waals surface area contributed by atoms with Gasteiger partial charge >= 0.3 is 0 Å². The van der Waals surface area contributed by atoms with E-state index in [1.807, 2.05) is 0 Å². The molecule has 0 aliphatic carbocycles. The number of primary amides is 1. The number of piperazine rings is 1. The maximum Gasteiger partial charge on any atom is 0.248 e. The minimum Gasteiger partial charge on any atom is -0.398 e. The number of benzene rings is 1. The number of amides is 3. The van der Waals surface area contributed by atoms with Gasteiger partial charge in [-0.1, -0.05) is 6.07 Å². The molecule has 1 aromatic rings. The number of rotatable bonds is 3. The summed E-state index contributed by atoms with van der Waals surface area (Å²) in [5.74, 6) is -0.809. The van der Waals surface area contributed by atoms with Crippen molar-refractivity contribution in [2.45, 2.75) is 6.54 Å². The lowest BCUT2D eigenvalue weighted by Gasteiger charge is -2.31. The number of anilines is 1. The Bertz CT molecular complexity index is 585. The van der Waals surface area contributed by atoms with Crippen LogP contribution in [0.1, 0.15) is 15.9 Å². The average molecular weight is 276 g/mol. The minimum absolute atomic E-state index is 0.0341. The highest BCUT2D eigenvalue weighted by Gasteiger charge is 2.27. The van der Waals surface area contributed by atoms with Crippen LogP contribution >= 0.6 is 0 Å². The van der Waals surface area contributed by atoms with Crippen LogP contribution < -0.4 is 11.5 Å². The first-order chi connectivity index (χ1) is 9.38. The van der Waals surface area contributed by atoms with E-state index in [1.165, 1.54) is 15.9 Å². The zero-order valence-corrected chi connectivity index (χ0v) is 11.1. The van der Waals surface area contributed by atoms with Crippen molar-refractivity contribution in [3.8, 4) is 0 Å². The summed E-state index contributed by atoms with van der Waals surface area (Å²) >= 11 is 0. The Labute approximate surface area is 116 Å². The lowest BCUT2D eigenvalue weighted by molar-refractivity contribution is -0.149. The van der Waals surface area contributed by atoms with Crippen molar-refractivity contribution in [2.24, 2.45) is 5.73 Å². The fraction of sp³-hybridized carbons (Fsp3) is 0.308. The van der Waals surface area contributed by atoms with E-state index in [-0.39, 0.29) is 31.4 Å². The van der Waals surface area contributed by atoms with Crippen molar-refractivity contribution >= 4 is 23.4 Å². The molecule has 106 valence electrons. The van der Waals surface area contributed by atoms with Crippen LogP contribution in [0.5, 0.6) is 0 Å². The first-order valence-electron chi connectivity index (χ1n) is 6.08. The largest absolute Gasteiger partial charge is 0.398 e. The van der Waals surface area contributed by atoms with Gasteiger partial charge in [-0.3, -0.25) is 14.4 Å². The summed E-state index contributed by atoms with van der Waals surface area (Å²) in [6, 6.07) is 4.67. The monoisotopic (exact) mass is 276 g/mol. The third kappa shape index (κ3) is 2.71. The number of carbonyl (C=O) groups is 3. The van der Waals surface area contributed by atoms with Gasteiger partial charge in [0.15, 0.2) is 0 Å². The van der Waals surface area contributed by atoms with E-state index in [2.05, 4.69) is 0 Å². The van der Waals surface area contributed by atoms with Gasteiger partial charge in [0.25, 0.3) is 0 Å². The lowest BCUT2D eigenvalue weighted by atomic mass is 10.1. The highest BCUT2D eigenvalue weighted by Crippen LogP contribution is 2.17. The van der Waals surface area contributed by atoms with Crippen molar-refractivity contribution < 1.29 is 14.4 Å². The number of likely N-dealkylation sites (N-methyl/N-ethyl adjacent to an activating group) is 1. The molecule has 1 fully saturated rings. The second kappa shape index (κ2) is 5.20. The molecule has 0 aromatic heterocycles. The molecule has 0 saturated carbocycles. The second-order valence-corrected chi connectivity index (χ2v) is 4.78. The summed E-state index contributed by atoms with van der Waals surface area (Å²) in [5.41, 5.74) is 12.4. The van der Waals surface area contributed by atoms with E-state index in [1.54, 1.807) is 19.2 Å². The summed E-state index contributed by atoms with van der Waals surface area (Å²) in [7, 11) is 1.59. The summed E-state index contributed by atoms with van der Waals surface area (Å²) in [5, 5.41) is 0. The summed E-state index contributed by atoms with van der Waals surface area (Å²) < 4.78 is 0. The van der Waals surface area contributed by atoms with Crippen LogP contribution in [0.4, 0.5) is 5.69 Å². The van der Waals surface area contributed by atoms with Crippen LogP contribution in [0, 0.1) is 0 Å². The van der Waals surface area contributed by atoms with E-state index in [9.17, 15) is 14.4 Å². The first kappa shape index (κ1) is 13.9. The van der Waals surface area contributed by atoms with Crippen molar-refractivity contribution in [2.75, 3.05) is 25.9 Å². The number of nitrogens with zero attached hydrogens (tertiary/aromatic N) is 2. The standard InChI is InChI=1S/C13H16N4O3/c1-16-6-12(19)17(7-11(16)18)5-9-3-2-8(13(15)20)4-10(9)14/h2-4H,5-7,14H2,1H3,(H2,15,20). The van der Waals surface area contributed by atoms with Crippen LogP contribution in [0.2, 0.25) is 0 Å².